The first-order valence-electron chi connectivity index (χ1n) is 10.3. The van der Waals surface area contributed by atoms with E-state index in [9.17, 15) is 4.79 Å². The second-order valence-corrected chi connectivity index (χ2v) is 7.01. The quantitative estimate of drug-likeness (QED) is 0.686. The van der Waals surface area contributed by atoms with Crippen LogP contribution in [0.25, 0.3) is 0 Å². The predicted octanol–water partition coefficient (Wildman–Crippen LogP) is 2.27. The minimum absolute atomic E-state index is 0.0895. The van der Waals surface area contributed by atoms with Crippen LogP contribution < -0.4 is 19.7 Å². The molecule has 0 aromatic heterocycles. The molecular formula is C23H28N4O3. The average Bonchev–Trinajstić information content (AvgIpc) is 2.79. The van der Waals surface area contributed by atoms with Gasteiger partial charge in [-0.2, -0.15) is 5.26 Å². The molecule has 0 radical (unpaired) electrons. The summed E-state index contributed by atoms with van der Waals surface area (Å²) in [5.41, 5.74) is 1.75. The lowest BCUT2D eigenvalue weighted by atomic mass is 10.2. The molecule has 0 aliphatic carbocycles. The van der Waals surface area contributed by atoms with Gasteiger partial charge in [-0.05, 0) is 31.2 Å². The second-order valence-electron chi connectivity index (χ2n) is 7.01. The number of rotatable bonds is 9. The van der Waals surface area contributed by atoms with Crippen LogP contribution in [0.15, 0.2) is 48.5 Å². The molecule has 0 bridgehead atoms. The van der Waals surface area contributed by atoms with Crippen LogP contribution in [0.4, 0.5) is 5.69 Å². The van der Waals surface area contributed by atoms with E-state index in [1.54, 1.807) is 18.2 Å². The fourth-order valence-corrected chi connectivity index (χ4v) is 3.38. The van der Waals surface area contributed by atoms with E-state index in [1.807, 2.05) is 13.0 Å². The molecule has 1 saturated heterocycles. The number of hydrogen-bond acceptors (Lipinski definition) is 6. The van der Waals surface area contributed by atoms with E-state index in [0.717, 1.165) is 32.7 Å². The van der Waals surface area contributed by atoms with Crippen molar-refractivity contribution >= 4 is 11.6 Å². The summed E-state index contributed by atoms with van der Waals surface area (Å²) in [5, 5.41) is 11.9. The largest absolute Gasteiger partial charge is 0.490 e. The Hall–Kier alpha value is -3.24. The van der Waals surface area contributed by atoms with Gasteiger partial charge in [0, 0.05) is 51.0 Å². The molecule has 1 heterocycles. The number of carbonyl (C=O) groups is 1. The fraction of sp³-hybridized carbons (Fsp3) is 0.391. The normalized spacial score (nSPS) is 14.1. The predicted molar refractivity (Wildman–Crippen MR) is 116 cm³/mol. The first-order chi connectivity index (χ1) is 14.7. The van der Waals surface area contributed by atoms with Crippen LogP contribution in [0, 0.1) is 11.3 Å². The van der Waals surface area contributed by atoms with Crippen molar-refractivity contribution in [1.82, 2.24) is 10.2 Å². The first kappa shape index (κ1) is 21.5. The lowest BCUT2D eigenvalue weighted by Gasteiger charge is -2.36. The lowest BCUT2D eigenvalue weighted by molar-refractivity contribution is -0.123. The third-order valence-electron chi connectivity index (χ3n) is 4.98. The Balaban J connectivity index is 1.36. The highest BCUT2D eigenvalue weighted by Gasteiger charge is 2.17. The molecule has 30 heavy (non-hydrogen) atoms. The molecule has 0 spiro atoms. The number of nitrogens with zero attached hydrogens (tertiary/aromatic N) is 3. The van der Waals surface area contributed by atoms with Crippen LogP contribution in [0.5, 0.6) is 11.5 Å². The summed E-state index contributed by atoms with van der Waals surface area (Å²) in [6, 6.07) is 17.4. The topological polar surface area (TPSA) is 77.8 Å². The standard InChI is InChI=1S/C23H28N4O3/c1-2-29-22-16-19(17-24)8-9-21(22)30-18-23(28)25-10-11-26-12-14-27(15-13-26)20-6-4-3-5-7-20/h3-9,16H,2,10-15,18H2,1H3,(H,25,28). The second kappa shape index (κ2) is 11.1. The van der Waals surface area contributed by atoms with Gasteiger partial charge in [-0.1, -0.05) is 18.2 Å². The number of amides is 1. The van der Waals surface area contributed by atoms with Gasteiger partial charge in [-0.25, -0.2) is 0 Å². The molecule has 3 rings (SSSR count). The van der Waals surface area contributed by atoms with Gasteiger partial charge >= 0.3 is 0 Å². The lowest BCUT2D eigenvalue weighted by Crippen LogP contribution is -2.48. The smallest absolute Gasteiger partial charge is 0.257 e. The summed E-state index contributed by atoms with van der Waals surface area (Å²) in [5.74, 6) is 0.758. The van der Waals surface area contributed by atoms with Crippen LogP contribution in [-0.2, 0) is 4.79 Å². The van der Waals surface area contributed by atoms with E-state index < -0.39 is 0 Å². The molecule has 0 atom stereocenters. The molecule has 0 unspecified atom stereocenters. The number of nitriles is 1. The summed E-state index contributed by atoms with van der Waals surface area (Å²) in [6.07, 6.45) is 0. The zero-order valence-corrected chi connectivity index (χ0v) is 17.3. The molecule has 1 aliphatic heterocycles. The summed E-state index contributed by atoms with van der Waals surface area (Å²) in [6.45, 7) is 7.54. The monoisotopic (exact) mass is 408 g/mol. The van der Waals surface area contributed by atoms with Gasteiger partial charge in [0.2, 0.25) is 0 Å². The highest BCUT2D eigenvalue weighted by Crippen LogP contribution is 2.28. The molecule has 2 aromatic carbocycles. The van der Waals surface area contributed by atoms with Crippen molar-refractivity contribution in [3.05, 3.63) is 54.1 Å². The molecular weight excluding hydrogens is 380 g/mol. The Morgan fingerprint density at radius 2 is 1.83 bits per heavy atom. The van der Waals surface area contributed by atoms with Crippen molar-refractivity contribution in [2.24, 2.45) is 0 Å². The zero-order valence-electron chi connectivity index (χ0n) is 17.3. The van der Waals surface area contributed by atoms with Crippen molar-refractivity contribution in [2.45, 2.75) is 6.92 Å². The van der Waals surface area contributed by atoms with Crippen LogP contribution in [0.2, 0.25) is 0 Å². The third-order valence-corrected chi connectivity index (χ3v) is 4.98. The Bertz CT molecular complexity index is 858. The van der Waals surface area contributed by atoms with E-state index in [2.05, 4.69) is 45.5 Å². The van der Waals surface area contributed by atoms with Gasteiger partial charge in [0.05, 0.1) is 18.2 Å². The van der Waals surface area contributed by atoms with E-state index in [-0.39, 0.29) is 12.5 Å². The summed E-state index contributed by atoms with van der Waals surface area (Å²) < 4.78 is 11.1. The summed E-state index contributed by atoms with van der Waals surface area (Å²) >= 11 is 0. The molecule has 2 aromatic rings. The summed E-state index contributed by atoms with van der Waals surface area (Å²) in [7, 11) is 0. The molecule has 1 fully saturated rings. The Kier molecular flexibility index (Phi) is 7.93. The Labute approximate surface area is 177 Å². The maximum Gasteiger partial charge on any atom is 0.257 e. The highest BCUT2D eigenvalue weighted by atomic mass is 16.5. The van der Waals surface area contributed by atoms with Gasteiger partial charge in [0.15, 0.2) is 18.1 Å². The van der Waals surface area contributed by atoms with Crippen molar-refractivity contribution in [1.29, 1.82) is 5.26 Å². The summed E-state index contributed by atoms with van der Waals surface area (Å²) in [4.78, 5) is 16.9. The molecule has 7 heteroatoms. The van der Waals surface area contributed by atoms with Crippen molar-refractivity contribution in [3.8, 4) is 17.6 Å². The zero-order chi connectivity index (χ0) is 21.2. The van der Waals surface area contributed by atoms with Gasteiger partial charge in [0.1, 0.15) is 0 Å². The number of nitrogens with one attached hydrogen (secondary N) is 1. The van der Waals surface area contributed by atoms with E-state index in [1.165, 1.54) is 5.69 Å². The molecule has 0 saturated carbocycles. The number of piperazine rings is 1. The minimum atomic E-state index is -0.176. The molecule has 7 nitrogen and oxygen atoms in total. The van der Waals surface area contributed by atoms with Gasteiger partial charge < -0.3 is 19.7 Å². The van der Waals surface area contributed by atoms with Gasteiger partial charge in [-0.3, -0.25) is 9.69 Å². The van der Waals surface area contributed by atoms with Crippen LogP contribution in [-0.4, -0.2) is 63.3 Å². The van der Waals surface area contributed by atoms with Crippen molar-refractivity contribution in [3.63, 3.8) is 0 Å². The Morgan fingerprint density at radius 3 is 2.53 bits per heavy atom. The van der Waals surface area contributed by atoms with E-state index in [4.69, 9.17) is 14.7 Å². The molecule has 158 valence electrons. The number of para-hydroxylation sites is 1. The van der Waals surface area contributed by atoms with Gasteiger partial charge in [0.25, 0.3) is 5.91 Å². The molecule has 1 aliphatic rings. The van der Waals surface area contributed by atoms with E-state index >= 15 is 0 Å². The number of anilines is 1. The fourth-order valence-electron chi connectivity index (χ4n) is 3.38. The molecule has 1 N–H and O–H groups in total. The maximum absolute atomic E-state index is 12.1. The van der Waals surface area contributed by atoms with Gasteiger partial charge in [-0.15, -0.1) is 0 Å². The maximum atomic E-state index is 12.1. The average molecular weight is 409 g/mol. The molecule has 1 amide bonds. The number of hydrogen-bond donors (Lipinski definition) is 1. The van der Waals surface area contributed by atoms with Crippen LogP contribution in [0.3, 0.4) is 0 Å². The first-order valence-corrected chi connectivity index (χ1v) is 10.3. The highest BCUT2D eigenvalue weighted by molar-refractivity contribution is 5.77. The Morgan fingerprint density at radius 1 is 1.07 bits per heavy atom. The SMILES string of the molecule is CCOc1cc(C#N)ccc1OCC(=O)NCCN1CCN(c2ccccc2)CC1. The van der Waals surface area contributed by atoms with E-state index in [0.29, 0.717) is 30.2 Å². The number of carbonyl (C=O) groups excluding carboxylic acids is 1. The number of ether oxygens (including phenoxy) is 2. The van der Waals surface area contributed by atoms with Crippen molar-refractivity contribution < 1.29 is 14.3 Å². The number of benzene rings is 2. The van der Waals surface area contributed by atoms with Crippen LogP contribution >= 0.6 is 0 Å². The van der Waals surface area contributed by atoms with Crippen molar-refractivity contribution in [2.75, 3.05) is 57.4 Å². The van der Waals surface area contributed by atoms with Crippen LogP contribution in [0.1, 0.15) is 12.5 Å². The minimum Gasteiger partial charge on any atom is -0.490 e. The third kappa shape index (κ3) is 6.13.